The topological polar surface area (TPSA) is 142 Å². The third-order valence-corrected chi connectivity index (χ3v) is 2.72. The molecule has 0 spiro atoms. The molecular weight excluding hydrogens is 266 g/mol. The summed E-state index contributed by atoms with van der Waals surface area (Å²) in [5.74, 6) is -2.36. The smallest absolute Gasteiger partial charge is 0.326 e. The maximum atomic E-state index is 11.6. The minimum atomic E-state index is -1.25. The van der Waals surface area contributed by atoms with Gasteiger partial charge in [-0.05, 0) is 32.7 Å². The summed E-state index contributed by atoms with van der Waals surface area (Å²) >= 11 is 0. The van der Waals surface area contributed by atoms with Crippen LogP contribution in [0.15, 0.2) is 0 Å². The first-order chi connectivity index (χ1) is 9.36. The van der Waals surface area contributed by atoms with Crippen LogP contribution in [0.1, 0.15) is 39.0 Å². The summed E-state index contributed by atoms with van der Waals surface area (Å²) < 4.78 is 0. The molecule has 0 fully saturated rings. The molecule has 0 saturated heterocycles. The summed E-state index contributed by atoms with van der Waals surface area (Å²) in [6.45, 7) is 2.40. The molecular formula is C12H23N3O5. The minimum absolute atomic E-state index is 0.101. The first kappa shape index (κ1) is 18.2. The number of urea groups is 1. The number of carbonyl (C=O) groups excluding carboxylic acids is 1. The number of unbranched alkanes of at least 4 members (excludes halogenated alkanes) is 1. The molecule has 0 bridgehead atoms. The summed E-state index contributed by atoms with van der Waals surface area (Å²) in [6.07, 6.45) is 2.02. The molecule has 8 nitrogen and oxygen atoms in total. The van der Waals surface area contributed by atoms with Gasteiger partial charge >= 0.3 is 18.0 Å². The lowest BCUT2D eigenvalue weighted by Gasteiger charge is -2.18. The van der Waals surface area contributed by atoms with Gasteiger partial charge in [0.15, 0.2) is 0 Å². The number of amides is 2. The number of hydrogen-bond donors (Lipinski definition) is 5. The molecule has 0 saturated carbocycles. The molecule has 0 heterocycles. The first-order valence-corrected chi connectivity index (χ1v) is 6.58. The predicted molar refractivity (Wildman–Crippen MR) is 72.3 cm³/mol. The molecule has 2 amide bonds. The lowest BCUT2D eigenvalue weighted by molar-refractivity contribution is -0.140. The Bertz CT molecular complexity index is 335. The Labute approximate surface area is 117 Å². The van der Waals surface area contributed by atoms with Crippen LogP contribution in [0.4, 0.5) is 4.79 Å². The van der Waals surface area contributed by atoms with E-state index >= 15 is 0 Å². The van der Waals surface area contributed by atoms with Crippen molar-refractivity contribution < 1.29 is 24.6 Å². The zero-order chi connectivity index (χ0) is 15.5. The van der Waals surface area contributed by atoms with Crippen LogP contribution in [0, 0.1) is 0 Å². The number of nitrogens with two attached hydrogens (primary N) is 1. The highest BCUT2D eigenvalue weighted by Crippen LogP contribution is 2.01. The van der Waals surface area contributed by atoms with Crippen molar-refractivity contribution in [3.05, 3.63) is 0 Å². The van der Waals surface area contributed by atoms with Crippen LogP contribution in [0.5, 0.6) is 0 Å². The second kappa shape index (κ2) is 10.0. The van der Waals surface area contributed by atoms with E-state index in [0.29, 0.717) is 6.54 Å². The quantitative estimate of drug-likeness (QED) is 0.362. The van der Waals surface area contributed by atoms with Crippen LogP contribution >= 0.6 is 0 Å². The second-order valence-corrected chi connectivity index (χ2v) is 4.63. The van der Waals surface area contributed by atoms with E-state index in [0.717, 1.165) is 19.3 Å². The molecule has 20 heavy (non-hydrogen) atoms. The van der Waals surface area contributed by atoms with Gasteiger partial charge in [0, 0.05) is 12.5 Å². The number of carboxylic acids is 2. The van der Waals surface area contributed by atoms with Crippen molar-refractivity contribution in [3.63, 3.8) is 0 Å². The van der Waals surface area contributed by atoms with Gasteiger partial charge in [-0.15, -0.1) is 0 Å². The first-order valence-electron chi connectivity index (χ1n) is 6.58. The zero-order valence-electron chi connectivity index (χ0n) is 11.6. The Balaban J connectivity index is 4.11. The highest BCUT2D eigenvalue weighted by atomic mass is 16.4. The van der Waals surface area contributed by atoms with Crippen LogP contribution in [0.3, 0.4) is 0 Å². The van der Waals surface area contributed by atoms with Gasteiger partial charge in [-0.25, -0.2) is 9.59 Å². The SMILES string of the molecule is C[C@H](CCCCN)NC(=O)N[C@@H](CCC(=O)O)C(=O)O. The van der Waals surface area contributed by atoms with Crippen molar-refractivity contribution in [1.82, 2.24) is 10.6 Å². The van der Waals surface area contributed by atoms with E-state index in [2.05, 4.69) is 10.6 Å². The molecule has 2 atom stereocenters. The lowest BCUT2D eigenvalue weighted by Crippen LogP contribution is -2.48. The normalized spacial score (nSPS) is 13.3. The number of aliphatic carboxylic acids is 2. The number of carbonyl (C=O) groups is 3. The lowest BCUT2D eigenvalue weighted by atomic mass is 10.1. The van der Waals surface area contributed by atoms with Gasteiger partial charge in [0.05, 0.1) is 0 Å². The molecule has 0 unspecified atom stereocenters. The molecule has 8 heteroatoms. The maximum absolute atomic E-state index is 11.6. The fourth-order valence-electron chi connectivity index (χ4n) is 1.62. The molecule has 0 aromatic rings. The molecule has 0 aromatic heterocycles. The van der Waals surface area contributed by atoms with E-state index in [1.165, 1.54) is 0 Å². The zero-order valence-corrected chi connectivity index (χ0v) is 11.6. The van der Waals surface area contributed by atoms with Crippen molar-refractivity contribution >= 4 is 18.0 Å². The molecule has 6 N–H and O–H groups in total. The van der Waals surface area contributed by atoms with E-state index in [4.69, 9.17) is 15.9 Å². The minimum Gasteiger partial charge on any atom is -0.481 e. The Morgan fingerprint density at radius 3 is 2.25 bits per heavy atom. The Hall–Kier alpha value is -1.83. The molecule has 0 aliphatic heterocycles. The molecule has 0 aromatic carbocycles. The molecule has 0 aliphatic carbocycles. The highest BCUT2D eigenvalue weighted by molar-refractivity contribution is 5.83. The summed E-state index contributed by atoms with van der Waals surface area (Å²) in [5.41, 5.74) is 5.36. The Morgan fingerprint density at radius 2 is 1.75 bits per heavy atom. The number of carboxylic acid groups (broad SMARTS) is 2. The second-order valence-electron chi connectivity index (χ2n) is 4.63. The fraction of sp³-hybridized carbons (Fsp3) is 0.750. The van der Waals surface area contributed by atoms with E-state index in [9.17, 15) is 14.4 Å². The summed E-state index contributed by atoms with van der Waals surface area (Å²) in [4.78, 5) is 32.9. The summed E-state index contributed by atoms with van der Waals surface area (Å²) in [5, 5.41) is 22.3. The summed E-state index contributed by atoms with van der Waals surface area (Å²) in [6, 6.07) is -1.92. The molecule has 116 valence electrons. The van der Waals surface area contributed by atoms with E-state index in [1.807, 2.05) is 6.92 Å². The van der Waals surface area contributed by atoms with Gasteiger partial charge in [-0.1, -0.05) is 6.42 Å². The van der Waals surface area contributed by atoms with Gasteiger partial charge in [0.1, 0.15) is 6.04 Å². The van der Waals surface area contributed by atoms with Crippen molar-refractivity contribution in [2.45, 2.75) is 51.1 Å². The summed E-state index contributed by atoms with van der Waals surface area (Å²) in [7, 11) is 0. The number of nitrogens with one attached hydrogen (secondary N) is 2. The molecule has 0 aliphatic rings. The van der Waals surface area contributed by atoms with Crippen LogP contribution in [0.25, 0.3) is 0 Å². The number of hydrogen-bond acceptors (Lipinski definition) is 4. The monoisotopic (exact) mass is 289 g/mol. The highest BCUT2D eigenvalue weighted by Gasteiger charge is 2.21. The Morgan fingerprint density at radius 1 is 1.10 bits per heavy atom. The largest absolute Gasteiger partial charge is 0.481 e. The van der Waals surface area contributed by atoms with Gasteiger partial charge < -0.3 is 26.6 Å². The average molecular weight is 289 g/mol. The third-order valence-electron chi connectivity index (χ3n) is 2.72. The van der Waals surface area contributed by atoms with Gasteiger partial charge in [0.2, 0.25) is 0 Å². The van der Waals surface area contributed by atoms with Gasteiger partial charge in [-0.2, -0.15) is 0 Å². The van der Waals surface area contributed by atoms with Gasteiger partial charge in [-0.3, -0.25) is 4.79 Å². The van der Waals surface area contributed by atoms with Crippen LogP contribution < -0.4 is 16.4 Å². The standard InChI is InChI=1S/C12H23N3O5/c1-8(4-2-3-7-13)14-12(20)15-9(11(18)19)5-6-10(16)17/h8-9H,2-7,13H2,1H3,(H,16,17)(H,18,19)(H2,14,15,20)/t8-,9+/m1/s1. The molecule has 0 rings (SSSR count). The molecule has 0 radical (unpaired) electrons. The van der Waals surface area contributed by atoms with Crippen molar-refractivity contribution in [3.8, 4) is 0 Å². The number of rotatable bonds is 10. The van der Waals surface area contributed by atoms with Crippen LogP contribution in [-0.2, 0) is 9.59 Å². The average Bonchev–Trinajstić information content (AvgIpc) is 2.34. The van der Waals surface area contributed by atoms with Crippen LogP contribution in [0.2, 0.25) is 0 Å². The predicted octanol–water partition coefficient (Wildman–Crippen LogP) is 0.121. The van der Waals surface area contributed by atoms with Crippen molar-refractivity contribution in [1.29, 1.82) is 0 Å². The fourth-order valence-corrected chi connectivity index (χ4v) is 1.62. The van der Waals surface area contributed by atoms with Crippen LogP contribution in [-0.4, -0.2) is 46.8 Å². The maximum Gasteiger partial charge on any atom is 0.326 e. The third kappa shape index (κ3) is 9.15. The Kier molecular flexibility index (Phi) is 9.10. The van der Waals surface area contributed by atoms with E-state index in [-0.39, 0.29) is 18.9 Å². The van der Waals surface area contributed by atoms with Crippen molar-refractivity contribution in [2.75, 3.05) is 6.54 Å². The van der Waals surface area contributed by atoms with E-state index < -0.39 is 24.0 Å². The van der Waals surface area contributed by atoms with Gasteiger partial charge in [0.25, 0.3) is 0 Å². The van der Waals surface area contributed by atoms with E-state index in [1.54, 1.807) is 0 Å². The van der Waals surface area contributed by atoms with Crippen molar-refractivity contribution in [2.24, 2.45) is 5.73 Å².